The van der Waals surface area contributed by atoms with E-state index in [1.165, 1.54) is 28.6 Å². The van der Waals surface area contributed by atoms with Gasteiger partial charge < -0.3 is 0 Å². The van der Waals surface area contributed by atoms with E-state index < -0.39 is 20.6 Å². The normalized spacial score (nSPS) is 11.0. The van der Waals surface area contributed by atoms with Crippen molar-refractivity contribution in [1.29, 1.82) is 0 Å². The van der Waals surface area contributed by atoms with E-state index in [2.05, 4.69) is 6.58 Å². The third-order valence-corrected chi connectivity index (χ3v) is 5.36. The number of nitro groups is 1. The number of nitrogens with zero attached hydrogens (tertiary/aromatic N) is 2. The highest BCUT2D eigenvalue weighted by Gasteiger charge is 2.31. The molecule has 0 N–H and O–H groups in total. The minimum absolute atomic E-state index is 0.154. The van der Waals surface area contributed by atoms with Gasteiger partial charge in [-0.2, -0.15) is 0 Å². The van der Waals surface area contributed by atoms with E-state index in [1.54, 1.807) is 30.3 Å². The second-order valence-electron chi connectivity index (χ2n) is 5.21. The van der Waals surface area contributed by atoms with Gasteiger partial charge in [-0.25, -0.2) is 8.42 Å². The predicted molar refractivity (Wildman–Crippen MR) is 93.6 cm³/mol. The molecule has 0 bridgehead atoms. The lowest BCUT2D eigenvalue weighted by atomic mass is 10.2. The van der Waals surface area contributed by atoms with E-state index in [1.807, 2.05) is 6.92 Å². The number of hydrogen-bond acceptors (Lipinski definition) is 4. The van der Waals surface area contributed by atoms with Crippen LogP contribution in [0.4, 0.5) is 11.4 Å². The highest BCUT2D eigenvalue weighted by atomic mass is 32.2. The Bertz CT molecular complexity index is 845. The van der Waals surface area contributed by atoms with Gasteiger partial charge >= 0.3 is 0 Å². The lowest BCUT2D eigenvalue weighted by molar-refractivity contribution is -0.387. The van der Waals surface area contributed by atoms with E-state index in [-0.39, 0.29) is 11.4 Å². The Hall–Kier alpha value is -2.67. The monoisotopic (exact) mass is 346 g/mol. The lowest BCUT2D eigenvalue weighted by Crippen LogP contribution is -2.32. The van der Waals surface area contributed by atoms with Crippen molar-refractivity contribution in [3.8, 4) is 0 Å². The average molecular weight is 346 g/mol. The van der Waals surface area contributed by atoms with Crippen molar-refractivity contribution in [2.75, 3.05) is 10.8 Å². The molecule has 0 heterocycles. The SMILES string of the molecule is C=CCCN(c1ccc(C)cc1)S(=O)(=O)c1ccccc1[N+](=O)[O-]. The molecule has 0 aliphatic rings. The van der Waals surface area contributed by atoms with Gasteiger partial charge in [0.25, 0.3) is 15.7 Å². The fourth-order valence-electron chi connectivity index (χ4n) is 2.25. The molecular weight excluding hydrogens is 328 g/mol. The van der Waals surface area contributed by atoms with Crippen LogP contribution in [0.15, 0.2) is 66.1 Å². The minimum Gasteiger partial charge on any atom is -0.266 e. The van der Waals surface area contributed by atoms with Crippen molar-refractivity contribution in [3.05, 3.63) is 76.9 Å². The van der Waals surface area contributed by atoms with Crippen LogP contribution in [-0.4, -0.2) is 19.9 Å². The fraction of sp³-hybridized carbons (Fsp3) is 0.176. The molecule has 6 nitrogen and oxygen atoms in total. The molecule has 0 unspecified atom stereocenters. The van der Waals surface area contributed by atoms with Crippen LogP contribution >= 0.6 is 0 Å². The van der Waals surface area contributed by atoms with Gasteiger partial charge in [0.1, 0.15) is 0 Å². The summed E-state index contributed by atoms with van der Waals surface area (Å²) in [5.41, 5.74) is 1.01. The van der Waals surface area contributed by atoms with E-state index in [4.69, 9.17) is 0 Å². The summed E-state index contributed by atoms with van der Waals surface area (Å²) in [4.78, 5) is 10.2. The first-order valence-electron chi connectivity index (χ1n) is 7.31. The van der Waals surface area contributed by atoms with Crippen molar-refractivity contribution >= 4 is 21.4 Å². The van der Waals surface area contributed by atoms with Gasteiger partial charge in [-0.1, -0.05) is 35.9 Å². The third kappa shape index (κ3) is 3.62. The molecule has 0 saturated heterocycles. The van der Waals surface area contributed by atoms with Crippen molar-refractivity contribution in [2.24, 2.45) is 0 Å². The fourth-order valence-corrected chi connectivity index (χ4v) is 3.89. The molecule has 0 spiro atoms. The second kappa shape index (κ2) is 7.27. The first-order valence-corrected chi connectivity index (χ1v) is 8.75. The Morgan fingerprint density at radius 3 is 2.38 bits per heavy atom. The molecule has 2 aromatic carbocycles. The van der Waals surface area contributed by atoms with Crippen molar-refractivity contribution in [1.82, 2.24) is 0 Å². The van der Waals surface area contributed by atoms with Crippen LogP contribution in [0.1, 0.15) is 12.0 Å². The third-order valence-electron chi connectivity index (χ3n) is 3.49. The standard InChI is InChI=1S/C17H18N2O4S/c1-3-4-13-18(15-11-9-14(2)10-12-15)24(22,23)17-8-6-5-7-16(17)19(20)21/h3,5-12H,1,4,13H2,2H3. The maximum absolute atomic E-state index is 13.0. The van der Waals surface area contributed by atoms with Crippen LogP contribution in [-0.2, 0) is 10.0 Å². The number of hydrogen-bond donors (Lipinski definition) is 0. The summed E-state index contributed by atoms with van der Waals surface area (Å²) in [6, 6.07) is 12.3. The highest BCUT2D eigenvalue weighted by Crippen LogP contribution is 2.30. The number of nitro benzene ring substituents is 1. The molecule has 0 amide bonds. The van der Waals surface area contributed by atoms with Gasteiger partial charge in [0, 0.05) is 12.6 Å². The van der Waals surface area contributed by atoms with Crippen molar-refractivity contribution < 1.29 is 13.3 Å². The molecular formula is C17H18N2O4S. The Morgan fingerprint density at radius 1 is 1.17 bits per heavy atom. The van der Waals surface area contributed by atoms with Gasteiger partial charge in [0.05, 0.1) is 10.6 Å². The maximum atomic E-state index is 13.0. The molecule has 0 aliphatic carbocycles. The van der Waals surface area contributed by atoms with E-state index in [0.717, 1.165) is 5.56 Å². The van der Waals surface area contributed by atoms with Crippen LogP contribution in [0.3, 0.4) is 0 Å². The van der Waals surface area contributed by atoms with Crippen molar-refractivity contribution in [3.63, 3.8) is 0 Å². The van der Waals surface area contributed by atoms with Gasteiger partial charge in [-0.15, -0.1) is 6.58 Å². The Balaban J connectivity index is 2.58. The molecule has 2 rings (SSSR count). The van der Waals surface area contributed by atoms with Crippen LogP contribution in [0.25, 0.3) is 0 Å². The van der Waals surface area contributed by atoms with E-state index in [0.29, 0.717) is 12.1 Å². The number of para-hydroxylation sites is 1. The number of aryl methyl sites for hydroxylation is 1. The zero-order valence-electron chi connectivity index (χ0n) is 13.3. The first-order chi connectivity index (χ1) is 11.4. The molecule has 0 saturated carbocycles. The first kappa shape index (κ1) is 17.7. The van der Waals surface area contributed by atoms with Gasteiger partial charge in [-0.3, -0.25) is 14.4 Å². The van der Waals surface area contributed by atoms with Crippen LogP contribution in [0.5, 0.6) is 0 Å². The summed E-state index contributed by atoms with van der Waals surface area (Å²) in [5.74, 6) is 0. The molecule has 0 aliphatic heterocycles. The van der Waals surface area contributed by atoms with Crippen LogP contribution < -0.4 is 4.31 Å². The Morgan fingerprint density at radius 2 is 1.79 bits per heavy atom. The predicted octanol–water partition coefficient (Wildman–Crippen LogP) is 3.67. The highest BCUT2D eigenvalue weighted by molar-refractivity contribution is 7.93. The summed E-state index contributed by atoms with van der Waals surface area (Å²) < 4.78 is 27.2. The summed E-state index contributed by atoms with van der Waals surface area (Å²) >= 11 is 0. The number of sulfonamides is 1. The maximum Gasteiger partial charge on any atom is 0.289 e. The molecule has 24 heavy (non-hydrogen) atoms. The molecule has 126 valence electrons. The Kier molecular flexibility index (Phi) is 5.35. The Labute approximate surface area is 141 Å². The van der Waals surface area contributed by atoms with Crippen LogP contribution in [0, 0.1) is 17.0 Å². The number of benzene rings is 2. The summed E-state index contributed by atoms with van der Waals surface area (Å²) in [5, 5.41) is 11.2. The second-order valence-corrected chi connectivity index (χ2v) is 7.05. The number of rotatable bonds is 7. The molecule has 0 aromatic heterocycles. The topological polar surface area (TPSA) is 80.5 Å². The quantitative estimate of drug-likeness (QED) is 0.435. The summed E-state index contributed by atoms with van der Waals surface area (Å²) in [6.07, 6.45) is 2.03. The lowest BCUT2D eigenvalue weighted by Gasteiger charge is -2.24. The van der Waals surface area contributed by atoms with Gasteiger partial charge in [0.15, 0.2) is 4.90 Å². The number of anilines is 1. The van der Waals surface area contributed by atoms with Gasteiger partial charge in [0.2, 0.25) is 0 Å². The van der Waals surface area contributed by atoms with Crippen LogP contribution in [0.2, 0.25) is 0 Å². The molecule has 0 fully saturated rings. The zero-order valence-corrected chi connectivity index (χ0v) is 14.1. The largest absolute Gasteiger partial charge is 0.289 e. The zero-order chi connectivity index (χ0) is 17.7. The summed E-state index contributed by atoms with van der Waals surface area (Å²) in [6.45, 7) is 5.66. The molecule has 7 heteroatoms. The molecule has 2 aromatic rings. The molecule has 0 radical (unpaired) electrons. The van der Waals surface area contributed by atoms with Gasteiger partial charge in [-0.05, 0) is 31.5 Å². The smallest absolute Gasteiger partial charge is 0.266 e. The summed E-state index contributed by atoms with van der Waals surface area (Å²) in [7, 11) is -4.07. The van der Waals surface area contributed by atoms with Crippen molar-refractivity contribution in [2.45, 2.75) is 18.2 Å². The average Bonchev–Trinajstić information content (AvgIpc) is 2.56. The minimum atomic E-state index is -4.07. The van der Waals surface area contributed by atoms with E-state index in [9.17, 15) is 18.5 Å². The molecule has 0 atom stereocenters. The van der Waals surface area contributed by atoms with E-state index >= 15 is 0 Å².